The van der Waals surface area contributed by atoms with Gasteiger partial charge in [0.2, 0.25) is 0 Å². The maximum Gasteiger partial charge on any atom is 0.0477 e. The molecule has 74 valence electrons. The van der Waals surface area contributed by atoms with Gasteiger partial charge in [-0.05, 0) is 33.7 Å². The highest BCUT2D eigenvalue weighted by atomic mass is 35.5. The Kier molecular flexibility index (Phi) is 6.81. The van der Waals surface area contributed by atoms with Crippen LogP contribution in [0.3, 0.4) is 0 Å². The van der Waals surface area contributed by atoms with E-state index in [0.717, 1.165) is 26.2 Å². The summed E-state index contributed by atoms with van der Waals surface area (Å²) < 4.78 is 5.21. The molecule has 0 saturated carbocycles. The molecule has 0 fully saturated rings. The molecule has 0 radical (unpaired) electrons. The van der Waals surface area contributed by atoms with Crippen LogP contribution in [0, 0.1) is 0 Å². The zero-order valence-corrected chi connectivity index (χ0v) is 9.08. The zero-order valence-electron chi connectivity index (χ0n) is 8.32. The summed E-state index contributed by atoms with van der Waals surface area (Å²) in [5.41, 5.74) is 0.0494. The molecule has 0 aliphatic heterocycles. The van der Waals surface area contributed by atoms with Gasteiger partial charge in [-0.1, -0.05) is 0 Å². The summed E-state index contributed by atoms with van der Waals surface area (Å²) in [7, 11) is 0. The Morgan fingerprint density at radius 2 is 2.08 bits per heavy atom. The molecule has 0 bridgehead atoms. The molecule has 1 N–H and O–H groups in total. The summed E-state index contributed by atoms with van der Waals surface area (Å²) in [4.78, 5) is 0. The van der Waals surface area contributed by atoms with Crippen LogP contribution in [0.2, 0.25) is 0 Å². The number of alkyl halides is 1. The van der Waals surface area contributed by atoms with Gasteiger partial charge < -0.3 is 10.1 Å². The lowest BCUT2D eigenvalue weighted by Crippen LogP contribution is -2.41. The van der Waals surface area contributed by atoms with Crippen molar-refractivity contribution in [2.75, 3.05) is 25.6 Å². The van der Waals surface area contributed by atoms with Crippen LogP contribution in [0.25, 0.3) is 0 Å². The van der Waals surface area contributed by atoms with E-state index in [1.165, 1.54) is 0 Å². The number of halogens is 1. The van der Waals surface area contributed by atoms with E-state index in [-0.39, 0.29) is 5.54 Å². The topological polar surface area (TPSA) is 21.3 Å². The summed E-state index contributed by atoms with van der Waals surface area (Å²) in [5.74, 6) is 0.641. The lowest BCUT2D eigenvalue weighted by molar-refractivity contribution is 0.143. The average molecular weight is 194 g/mol. The van der Waals surface area contributed by atoms with E-state index in [0.29, 0.717) is 5.88 Å². The van der Waals surface area contributed by atoms with Crippen molar-refractivity contribution in [1.29, 1.82) is 0 Å². The first-order chi connectivity index (χ1) is 5.62. The third-order valence-electron chi connectivity index (χ3n) is 1.61. The molecular weight excluding hydrogens is 174 g/mol. The van der Waals surface area contributed by atoms with Crippen molar-refractivity contribution < 1.29 is 4.74 Å². The van der Waals surface area contributed by atoms with Gasteiger partial charge >= 0.3 is 0 Å². The number of hydrogen-bond acceptors (Lipinski definition) is 2. The smallest absolute Gasteiger partial charge is 0.0477 e. The fourth-order valence-electron chi connectivity index (χ4n) is 0.793. The largest absolute Gasteiger partial charge is 0.382 e. The minimum Gasteiger partial charge on any atom is -0.382 e. The van der Waals surface area contributed by atoms with Gasteiger partial charge in [0.1, 0.15) is 0 Å². The molecule has 0 aromatic heterocycles. The molecule has 0 heterocycles. The fourth-order valence-corrected chi connectivity index (χ4v) is 0.887. The van der Waals surface area contributed by atoms with Crippen molar-refractivity contribution in [1.82, 2.24) is 5.32 Å². The Bertz CT molecular complexity index is 107. The van der Waals surface area contributed by atoms with Crippen molar-refractivity contribution in [3.05, 3.63) is 0 Å². The quantitative estimate of drug-likeness (QED) is 0.494. The number of ether oxygens (including phenoxy) is 1. The highest BCUT2D eigenvalue weighted by molar-refractivity contribution is 6.18. The first-order valence-corrected chi connectivity index (χ1v) is 5.04. The molecule has 0 unspecified atom stereocenters. The van der Waals surface area contributed by atoms with Crippen LogP contribution in [0.15, 0.2) is 0 Å². The lowest BCUT2D eigenvalue weighted by Gasteiger charge is -2.23. The van der Waals surface area contributed by atoms with Crippen LogP contribution in [-0.4, -0.2) is 31.2 Å². The van der Waals surface area contributed by atoms with E-state index >= 15 is 0 Å². The van der Waals surface area contributed by atoms with Crippen LogP contribution in [0.4, 0.5) is 0 Å². The predicted octanol–water partition coefficient (Wildman–Crippen LogP) is 2.02. The normalized spacial score (nSPS) is 12.0. The third-order valence-corrected chi connectivity index (χ3v) is 2.28. The van der Waals surface area contributed by atoms with Crippen molar-refractivity contribution in [3.8, 4) is 0 Å². The molecule has 0 aromatic rings. The van der Waals surface area contributed by atoms with Gasteiger partial charge in [-0.3, -0.25) is 0 Å². The first kappa shape index (κ1) is 12.2. The Labute approximate surface area is 80.6 Å². The summed E-state index contributed by atoms with van der Waals surface area (Å²) >= 11 is 5.74. The van der Waals surface area contributed by atoms with Crippen molar-refractivity contribution in [2.45, 2.75) is 32.7 Å². The lowest BCUT2D eigenvalue weighted by atomic mass is 10.1. The van der Waals surface area contributed by atoms with Crippen molar-refractivity contribution >= 4 is 11.6 Å². The average Bonchev–Trinajstić information content (AvgIpc) is 2.04. The van der Waals surface area contributed by atoms with E-state index in [4.69, 9.17) is 16.3 Å². The Hall–Kier alpha value is 0.210. The second-order valence-electron chi connectivity index (χ2n) is 3.49. The van der Waals surface area contributed by atoms with E-state index in [1.807, 2.05) is 6.92 Å². The number of rotatable bonds is 7. The van der Waals surface area contributed by atoms with E-state index < -0.39 is 0 Å². The van der Waals surface area contributed by atoms with E-state index in [9.17, 15) is 0 Å². The second kappa shape index (κ2) is 6.70. The predicted molar refractivity (Wildman–Crippen MR) is 53.9 cm³/mol. The highest BCUT2D eigenvalue weighted by Gasteiger charge is 2.13. The van der Waals surface area contributed by atoms with Gasteiger partial charge in [0.25, 0.3) is 0 Å². The number of hydrogen-bond donors (Lipinski definition) is 1. The summed E-state index contributed by atoms with van der Waals surface area (Å²) in [6.45, 7) is 8.82. The zero-order chi connectivity index (χ0) is 9.45. The first-order valence-electron chi connectivity index (χ1n) is 4.51. The molecule has 0 aromatic carbocycles. The molecular formula is C9H20ClNO. The monoisotopic (exact) mass is 193 g/mol. The molecule has 2 nitrogen and oxygen atoms in total. The minimum atomic E-state index is 0.0494. The molecule has 0 spiro atoms. The van der Waals surface area contributed by atoms with Gasteiger partial charge in [0, 0.05) is 24.6 Å². The van der Waals surface area contributed by atoms with Crippen LogP contribution in [0.1, 0.15) is 27.2 Å². The van der Waals surface area contributed by atoms with Crippen LogP contribution >= 0.6 is 11.6 Å². The molecule has 3 heteroatoms. The van der Waals surface area contributed by atoms with Gasteiger partial charge in [-0.15, -0.1) is 11.6 Å². The molecule has 0 aliphatic rings. The van der Waals surface area contributed by atoms with Crippen molar-refractivity contribution in [3.63, 3.8) is 0 Å². The number of nitrogens with one attached hydrogen (secondary N) is 1. The maximum atomic E-state index is 5.74. The third kappa shape index (κ3) is 6.89. The molecule has 0 aliphatic carbocycles. The summed E-state index contributed by atoms with van der Waals surface area (Å²) in [6.07, 6.45) is 1.05. The minimum absolute atomic E-state index is 0.0494. The van der Waals surface area contributed by atoms with Crippen LogP contribution in [0.5, 0.6) is 0 Å². The molecule has 0 rings (SSSR count). The van der Waals surface area contributed by atoms with Gasteiger partial charge in [0.05, 0.1) is 0 Å². The standard InChI is InChI=1S/C9H20ClNO/c1-4-12-7-5-6-11-9(2,3)8-10/h11H,4-8H2,1-3H3. The summed E-state index contributed by atoms with van der Waals surface area (Å²) in [6, 6.07) is 0. The molecule has 12 heavy (non-hydrogen) atoms. The van der Waals surface area contributed by atoms with E-state index in [2.05, 4.69) is 19.2 Å². The fraction of sp³-hybridized carbons (Fsp3) is 1.00. The highest BCUT2D eigenvalue weighted by Crippen LogP contribution is 2.03. The van der Waals surface area contributed by atoms with Crippen LogP contribution < -0.4 is 5.32 Å². The van der Waals surface area contributed by atoms with Crippen LogP contribution in [-0.2, 0) is 4.74 Å². The Morgan fingerprint density at radius 1 is 1.42 bits per heavy atom. The summed E-state index contributed by atoms with van der Waals surface area (Å²) in [5, 5.41) is 3.36. The van der Waals surface area contributed by atoms with E-state index in [1.54, 1.807) is 0 Å². The molecule has 0 atom stereocenters. The maximum absolute atomic E-state index is 5.74. The SMILES string of the molecule is CCOCCCNC(C)(C)CCl. The molecule has 0 amide bonds. The van der Waals surface area contributed by atoms with Gasteiger partial charge in [-0.25, -0.2) is 0 Å². The second-order valence-corrected chi connectivity index (χ2v) is 3.76. The van der Waals surface area contributed by atoms with Gasteiger partial charge in [-0.2, -0.15) is 0 Å². The molecule has 0 saturated heterocycles. The van der Waals surface area contributed by atoms with Gasteiger partial charge in [0.15, 0.2) is 0 Å². The van der Waals surface area contributed by atoms with Crippen molar-refractivity contribution in [2.24, 2.45) is 0 Å². The Morgan fingerprint density at radius 3 is 2.58 bits per heavy atom. The Balaban J connectivity index is 3.19.